The maximum atomic E-state index is 15.2. The van der Waals surface area contributed by atoms with Gasteiger partial charge in [-0.25, -0.2) is 28.3 Å². The third-order valence-electron chi connectivity index (χ3n) is 7.85. The Morgan fingerprint density at radius 3 is 2.31 bits per heavy atom. The Balaban J connectivity index is 1.80. The lowest BCUT2D eigenvalue weighted by Crippen LogP contribution is -2.48. The number of benzene rings is 2. The molecule has 0 spiro atoms. The third kappa shape index (κ3) is 6.88. The molecule has 1 saturated heterocycles. The summed E-state index contributed by atoms with van der Waals surface area (Å²) < 4.78 is 76.1. The number of aryl methyl sites for hydroxylation is 1. The van der Waals surface area contributed by atoms with Gasteiger partial charge in [-0.15, -0.1) is 0 Å². The second-order valence-electron chi connectivity index (χ2n) is 11.7. The van der Waals surface area contributed by atoms with Crippen molar-refractivity contribution in [2.24, 2.45) is 0 Å². The van der Waals surface area contributed by atoms with Gasteiger partial charge < -0.3 is 20.3 Å². The van der Waals surface area contributed by atoms with Crippen LogP contribution in [0.4, 0.5) is 44.2 Å². The summed E-state index contributed by atoms with van der Waals surface area (Å²) >= 11 is 0. The van der Waals surface area contributed by atoms with Gasteiger partial charge in [-0.3, -0.25) is 9.69 Å². The standard InChI is InChI=1S/C32H34F5N7O4/c1-5-11-42-12-14-43(15-13-42)30-40-24(20-16-38-31(47)44(27(20)41-30)25-21(33)7-6-8-22(25)34)23-18(4)9-10-19(28(45)39-17(2)3)26(23)48-29(46)32(35,36)37/h6-10,17H,5,11-16H2,1-4H3,(H,38,47)(H,39,45). The molecule has 1 aromatic heterocycles. The Morgan fingerprint density at radius 2 is 1.71 bits per heavy atom. The molecule has 2 aromatic carbocycles. The number of para-hydroxylation sites is 1. The normalized spacial score (nSPS) is 15.3. The quantitative estimate of drug-likeness (QED) is 0.189. The van der Waals surface area contributed by atoms with Crippen LogP contribution in [0.5, 0.6) is 5.75 Å². The molecule has 3 heterocycles. The van der Waals surface area contributed by atoms with E-state index in [1.807, 2.05) is 6.92 Å². The molecule has 0 radical (unpaired) electrons. The fourth-order valence-corrected chi connectivity index (χ4v) is 5.64. The van der Waals surface area contributed by atoms with Gasteiger partial charge in [0, 0.05) is 43.3 Å². The number of ether oxygens (including phenoxy) is 1. The zero-order chi connectivity index (χ0) is 34.9. The first kappa shape index (κ1) is 34.5. The van der Waals surface area contributed by atoms with E-state index in [9.17, 15) is 27.6 Å². The summed E-state index contributed by atoms with van der Waals surface area (Å²) in [6, 6.07) is 4.37. The zero-order valence-electron chi connectivity index (χ0n) is 26.7. The second-order valence-corrected chi connectivity index (χ2v) is 11.7. The summed E-state index contributed by atoms with van der Waals surface area (Å²) in [4.78, 5) is 52.9. The predicted octanol–water partition coefficient (Wildman–Crippen LogP) is 5.23. The van der Waals surface area contributed by atoms with Crippen LogP contribution in [0, 0.1) is 18.6 Å². The minimum absolute atomic E-state index is 0.0147. The molecule has 2 aliphatic heterocycles. The van der Waals surface area contributed by atoms with Gasteiger partial charge in [0.25, 0.3) is 5.91 Å². The van der Waals surface area contributed by atoms with Gasteiger partial charge in [0.1, 0.15) is 17.3 Å². The molecule has 2 N–H and O–H groups in total. The van der Waals surface area contributed by atoms with E-state index in [0.29, 0.717) is 31.1 Å². The Morgan fingerprint density at radius 1 is 1.04 bits per heavy atom. The molecule has 48 heavy (non-hydrogen) atoms. The van der Waals surface area contributed by atoms with Gasteiger partial charge in [0.2, 0.25) is 5.95 Å². The second kappa shape index (κ2) is 13.7. The molecular formula is C32H34F5N7O4. The molecule has 0 atom stereocenters. The summed E-state index contributed by atoms with van der Waals surface area (Å²) in [7, 11) is 0. The minimum atomic E-state index is -5.42. The highest BCUT2D eigenvalue weighted by Crippen LogP contribution is 2.44. The first-order valence-electron chi connectivity index (χ1n) is 15.3. The smallest absolute Gasteiger partial charge is 0.418 e. The van der Waals surface area contributed by atoms with E-state index in [0.717, 1.165) is 31.2 Å². The number of alkyl halides is 3. The fourth-order valence-electron chi connectivity index (χ4n) is 5.64. The molecule has 2 aliphatic rings. The molecule has 11 nitrogen and oxygen atoms in total. The van der Waals surface area contributed by atoms with Crippen molar-refractivity contribution in [2.75, 3.05) is 42.5 Å². The van der Waals surface area contributed by atoms with E-state index >= 15 is 8.78 Å². The van der Waals surface area contributed by atoms with Gasteiger partial charge in [-0.05, 0) is 57.5 Å². The van der Waals surface area contributed by atoms with Crippen molar-refractivity contribution in [3.63, 3.8) is 0 Å². The lowest BCUT2D eigenvalue weighted by atomic mass is 9.95. The van der Waals surface area contributed by atoms with Crippen molar-refractivity contribution in [1.82, 2.24) is 25.5 Å². The highest BCUT2D eigenvalue weighted by atomic mass is 19.4. The molecule has 256 valence electrons. The van der Waals surface area contributed by atoms with E-state index < -0.39 is 53.2 Å². The molecule has 3 aromatic rings. The predicted molar refractivity (Wildman–Crippen MR) is 166 cm³/mol. The van der Waals surface area contributed by atoms with Crippen LogP contribution in [0.3, 0.4) is 0 Å². The molecule has 0 unspecified atom stereocenters. The van der Waals surface area contributed by atoms with Crippen LogP contribution >= 0.6 is 0 Å². The average molecular weight is 676 g/mol. The third-order valence-corrected chi connectivity index (χ3v) is 7.85. The number of hydrogen-bond acceptors (Lipinski definition) is 8. The lowest BCUT2D eigenvalue weighted by molar-refractivity contribution is -0.189. The van der Waals surface area contributed by atoms with Crippen molar-refractivity contribution >= 4 is 35.4 Å². The number of anilines is 3. The van der Waals surface area contributed by atoms with Crippen LogP contribution in [0.2, 0.25) is 0 Å². The van der Waals surface area contributed by atoms with E-state index in [4.69, 9.17) is 9.72 Å². The summed E-state index contributed by atoms with van der Waals surface area (Å²) in [5.41, 5.74) is -1.08. The number of fused-ring (bicyclic) bond motifs is 1. The Bertz CT molecular complexity index is 1720. The number of carbonyl (C=O) groups excluding carboxylic acids is 3. The highest BCUT2D eigenvalue weighted by molar-refractivity contribution is 6.04. The summed E-state index contributed by atoms with van der Waals surface area (Å²) in [5, 5.41) is 5.11. The van der Waals surface area contributed by atoms with Crippen molar-refractivity contribution < 1.29 is 41.1 Å². The van der Waals surface area contributed by atoms with E-state index in [2.05, 4.69) is 20.5 Å². The SMILES string of the molecule is CCCN1CCN(c2nc(-c3c(C)ccc(C(=O)NC(C)C)c3OC(=O)C(F)(F)F)c3c(n2)N(c2c(F)cccc2F)C(=O)NC3)CC1. The number of hydrogen-bond donors (Lipinski definition) is 2. The van der Waals surface area contributed by atoms with Crippen LogP contribution in [0.15, 0.2) is 30.3 Å². The molecule has 1 fully saturated rings. The van der Waals surface area contributed by atoms with Gasteiger partial charge in [-0.2, -0.15) is 18.2 Å². The summed E-state index contributed by atoms with van der Waals surface area (Å²) in [6.45, 7) is 9.46. The van der Waals surface area contributed by atoms with Gasteiger partial charge in [0.15, 0.2) is 11.6 Å². The van der Waals surface area contributed by atoms with E-state index in [1.54, 1.807) is 18.7 Å². The van der Waals surface area contributed by atoms with Crippen LogP contribution in [-0.2, 0) is 11.3 Å². The Labute approximate surface area is 273 Å². The average Bonchev–Trinajstić information content (AvgIpc) is 3.01. The van der Waals surface area contributed by atoms with Crippen LogP contribution in [-0.4, -0.2) is 77.7 Å². The van der Waals surface area contributed by atoms with E-state index in [-0.39, 0.29) is 46.3 Å². The minimum Gasteiger partial charge on any atom is -0.418 e. The molecular weight excluding hydrogens is 641 g/mol. The van der Waals surface area contributed by atoms with Crippen molar-refractivity contribution in [1.29, 1.82) is 0 Å². The van der Waals surface area contributed by atoms with Crippen LogP contribution in [0.1, 0.15) is 48.7 Å². The number of esters is 1. The number of nitrogens with one attached hydrogen (secondary N) is 2. The van der Waals surface area contributed by atoms with Gasteiger partial charge >= 0.3 is 18.2 Å². The number of aromatic nitrogens is 2. The van der Waals surface area contributed by atoms with Crippen molar-refractivity contribution in [2.45, 2.75) is 52.9 Å². The first-order valence-corrected chi connectivity index (χ1v) is 15.3. The zero-order valence-corrected chi connectivity index (χ0v) is 26.7. The molecule has 0 bridgehead atoms. The van der Waals surface area contributed by atoms with Crippen molar-refractivity contribution in [3.05, 3.63) is 58.7 Å². The molecule has 16 heteroatoms. The Kier molecular flexibility index (Phi) is 9.84. The molecule has 5 rings (SSSR count). The number of amides is 3. The fraction of sp³-hybridized carbons (Fsp3) is 0.406. The number of piperazine rings is 1. The number of rotatable bonds is 8. The number of halogens is 5. The summed E-state index contributed by atoms with van der Waals surface area (Å²) in [5.74, 6) is -6.49. The molecule has 3 amide bonds. The summed E-state index contributed by atoms with van der Waals surface area (Å²) in [6.07, 6.45) is -4.49. The lowest BCUT2D eigenvalue weighted by Gasteiger charge is -2.36. The monoisotopic (exact) mass is 675 g/mol. The van der Waals surface area contributed by atoms with Gasteiger partial charge in [0.05, 0.1) is 17.8 Å². The highest BCUT2D eigenvalue weighted by Gasteiger charge is 2.43. The van der Waals surface area contributed by atoms with Gasteiger partial charge in [-0.1, -0.05) is 19.1 Å². The number of carbonyl (C=O) groups is 3. The Hall–Kier alpha value is -4.86. The van der Waals surface area contributed by atoms with Crippen LogP contribution < -0.4 is 25.2 Å². The number of urea groups is 1. The first-order chi connectivity index (χ1) is 22.7. The number of nitrogens with zero attached hydrogens (tertiary/aromatic N) is 5. The topological polar surface area (TPSA) is 120 Å². The maximum absolute atomic E-state index is 15.2. The van der Waals surface area contributed by atoms with Crippen LogP contribution in [0.25, 0.3) is 11.3 Å². The largest absolute Gasteiger partial charge is 0.491 e. The van der Waals surface area contributed by atoms with Crippen molar-refractivity contribution in [3.8, 4) is 17.0 Å². The molecule has 0 saturated carbocycles. The maximum Gasteiger partial charge on any atom is 0.491 e. The van der Waals surface area contributed by atoms with E-state index in [1.165, 1.54) is 19.1 Å². The molecule has 0 aliphatic carbocycles.